The molecule has 0 aromatic heterocycles. The molecule has 0 rings (SSSR count). The van der Waals surface area contributed by atoms with E-state index in [4.69, 9.17) is 10.2 Å². The minimum atomic E-state index is -1.54. The monoisotopic (exact) mass is 160 g/mol. The van der Waals surface area contributed by atoms with Crippen LogP contribution in [0.4, 0.5) is 0 Å². The first-order valence-corrected chi connectivity index (χ1v) is 2.46. The molecule has 9 heavy (non-hydrogen) atoms. The molecule has 0 radical (unpaired) electrons. The largest absolute Gasteiger partial charge is 2.00 e. The Bertz CT molecular complexity index is 108. The maximum atomic E-state index is 10.0. The molecule has 1 atom stereocenters. The summed E-state index contributed by atoms with van der Waals surface area (Å²) in [6.07, 6.45) is 0.238. The number of hydrogen-bond donors (Lipinski definition) is 2. The Morgan fingerprint density at radius 1 is 1.78 bits per heavy atom. The van der Waals surface area contributed by atoms with E-state index in [9.17, 15) is 4.79 Å². The van der Waals surface area contributed by atoms with Crippen molar-refractivity contribution in [1.29, 1.82) is 0 Å². The van der Waals surface area contributed by atoms with Crippen LogP contribution in [0.5, 0.6) is 0 Å². The topological polar surface area (TPSA) is 57.5 Å². The number of carboxylic acid groups (broad SMARTS) is 1. The van der Waals surface area contributed by atoms with Gasteiger partial charge in [-0.15, -0.1) is 0 Å². The zero-order valence-corrected chi connectivity index (χ0v) is 7.93. The van der Waals surface area contributed by atoms with Gasteiger partial charge in [-0.25, -0.2) is 4.79 Å². The van der Waals surface area contributed by atoms with Crippen molar-refractivity contribution >= 4 is 43.7 Å². The Hall–Kier alpha value is 0.690. The van der Waals surface area contributed by atoms with E-state index in [2.05, 4.69) is 0 Å². The van der Waals surface area contributed by atoms with Crippen molar-refractivity contribution in [2.75, 3.05) is 0 Å². The van der Waals surface area contributed by atoms with Crippen LogP contribution in [0, 0.1) is 0 Å². The summed E-state index contributed by atoms with van der Waals surface area (Å²) in [7, 11) is 0. The Morgan fingerprint density at radius 3 is 2.11 bits per heavy atom. The van der Waals surface area contributed by atoms with Crippen molar-refractivity contribution in [3.63, 3.8) is 0 Å². The molecule has 0 spiro atoms. The van der Waals surface area contributed by atoms with E-state index in [1.807, 2.05) is 0 Å². The van der Waals surface area contributed by atoms with Crippen LogP contribution in [-0.2, 0) is 4.79 Å². The van der Waals surface area contributed by atoms with Gasteiger partial charge in [0.15, 0.2) is 5.60 Å². The fourth-order valence-corrected chi connectivity index (χ4v) is 0.151. The summed E-state index contributed by atoms with van der Waals surface area (Å²) in [5.74, 6) is -1.17. The van der Waals surface area contributed by atoms with Gasteiger partial charge in [0.25, 0.3) is 0 Å². The number of hydrogen-bond acceptors (Lipinski definition) is 2. The molecule has 2 N–H and O–H groups in total. The zero-order valence-electron chi connectivity index (χ0n) is 7.72. The van der Waals surface area contributed by atoms with Crippen molar-refractivity contribution in [2.45, 2.75) is 25.9 Å². The standard InChI is InChI=1S/C5H10O3.Ca.2H/c1-3-5(2,8)4(6)7;;;/h8H,3H2,1-2H3,(H,6,7);;;/q;+2;2*-1. The van der Waals surface area contributed by atoms with Crippen molar-refractivity contribution in [2.24, 2.45) is 0 Å². The summed E-state index contributed by atoms with van der Waals surface area (Å²) in [5.41, 5.74) is -1.54. The Balaban J connectivity index is -0.0000000817. The maximum Gasteiger partial charge on any atom is 2.00 e. The second-order valence-corrected chi connectivity index (χ2v) is 1.93. The number of aliphatic hydroxyl groups is 1. The van der Waals surface area contributed by atoms with Crippen molar-refractivity contribution in [1.82, 2.24) is 0 Å². The summed E-state index contributed by atoms with van der Waals surface area (Å²) in [6.45, 7) is 2.89. The fourth-order valence-electron chi connectivity index (χ4n) is 0.151. The molecule has 0 saturated heterocycles. The van der Waals surface area contributed by atoms with E-state index < -0.39 is 11.6 Å². The molecular formula is C5H12CaO3. The smallest absolute Gasteiger partial charge is 1.00 e. The first kappa shape index (κ1) is 12.4. The molecule has 3 nitrogen and oxygen atoms in total. The molecule has 1 unspecified atom stereocenters. The summed E-state index contributed by atoms with van der Waals surface area (Å²) in [5, 5.41) is 17.0. The molecule has 0 bridgehead atoms. The van der Waals surface area contributed by atoms with Crippen molar-refractivity contribution in [3.8, 4) is 0 Å². The molecule has 0 aliphatic heterocycles. The van der Waals surface area contributed by atoms with Crippen molar-refractivity contribution in [3.05, 3.63) is 0 Å². The molecule has 0 fully saturated rings. The Kier molecular flexibility index (Phi) is 6.18. The van der Waals surface area contributed by atoms with Gasteiger partial charge in [-0.05, 0) is 13.3 Å². The molecule has 0 saturated carbocycles. The molecule has 4 heteroatoms. The Labute approximate surface area is 87.0 Å². The second kappa shape index (κ2) is 4.50. The van der Waals surface area contributed by atoms with E-state index in [1.54, 1.807) is 6.92 Å². The summed E-state index contributed by atoms with van der Waals surface area (Å²) < 4.78 is 0. The van der Waals surface area contributed by atoms with Gasteiger partial charge in [0, 0.05) is 0 Å². The first-order chi connectivity index (χ1) is 3.50. The number of rotatable bonds is 2. The summed E-state index contributed by atoms with van der Waals surface area (Å²) >= 11 is 0. The minimum absolute atomic E-state index is 0. The van der Waals surface area contributed by atoms with Crippen LogP contribution in [0.15, 0.2) is 0 Å². The van der Waals surface area contributed by atoms with E-state index in [0.717, 1.165) is 0 Å². The van der Waals surface area contributed by atoms with Gasteiger partial charge in [-0.2, -0.15) is 0 Å². The van der Waals surface area contributed by atoms with Gasteiger partial charge in [0.05, 0.1) is 0 Å². The third-order valence-electron chi connectivity index (χ3n) is 1.15. The third-order valence-corrected chi connectivity index (χ3v) is 1.15. The SMILES string of the molecule is CCC(C)(O)C(=O)O.[Ca+2].[H-].[H-]. The van der Waals surface area contributed by atoms with Crippen LogP contribution < -0.4 is 0 Å². The second-order valence-electron chi connectivity index (χ2n) is 1.93. The zero-order chi connectivity index (χ0) is 6.78. The molecule has 0 aromatic rings. The van der Waals surface area contributed by atoms with E-state index in [1.165, 1.54) is 6.92 Å². The van der Waals surface area contributed by atoms with Crippen LogP contribution in [0.3, 0.4) is 0 Å². The fraction of sp³-hybridized carbons (Fsp3) is 0.800. The predicted molar refractivity (Wildman–Crippen MR) is 36.5 cm³/mol. The maximum absolute atomic E-state index is 10.0. The molecule has 52 valence electrons. The summed E-state index contributed by atoms with van der Waals surface area (Å²) in [4.78, 5) is 10.0. The van der Waals surface area contributed by atoms with Crippen LogP contribution in [-0.4, -0.2) is 59.5 Å². The van der Waals surface area contributed by atoms with Crippen LogP contribution in [0.2, 0.25) is 0 Å². The normalized spacial score (nSPS) is 15.4. The van der Waals surface area contributed by atoms with Gasteiger partial charge in [0.2, 0.25) is 0 Å². The minimum Gasteiger partial charge on any atom is -1.00 e. The molecule has 0 heterocycles. The Morgan fingerprint density at radius 2 is 2.11 bits per heavy atom. The van der Waals surface area contributed by atoms with Gasteiger partial charge in [0.1, 0.15) is 0 Å². The quantitative estimate of drug-likeness (QED) is 0.562. The van der Waals surface area contributed by atoms with Crippen LogP contribution in [0.1, 0.15) is 23.1 Å². The molecule has 0 amide bonds. The van der Waals surface area contributed by atoms with Gasteiger partial charge < -0.3 is 13.1 Å². The number of carboxylic acids is 1. The average Bonchev–Trinajstić information content (AvgIpc) is 1.67. The van der Waals surface area contributed by atoms with Gasteiger partial charge in [-0.3, -0.25) is 0 Å². The van der Waals surface area contributed by atoms with Crippen LogP contribution in [0.25, 0.3) is 0 Å². The van der Waals surface area contributed by atoms with E-state index in [-0.39, 0.29) is 47.0 Å². The van der Waals surface area contributed by atoms with Gasteiger partial charge >= 0.3 is 43.7 Å². The third kappa shape index (κ3) is 4.14. The molecule has 0 aromatic carbocycles. The molecule has 0 aliphatic carbocycles. The predicted octanol–water partition coefficient (Wildman–Crippen LogP) is 0.0762. The van der Waals surface area contributed by atoms with E-state index >= 15 is 0 Å². The number of aliphatic carboxylic acids is 1. The van der Waals surface area contributed by atoms with Gasteiger partial charge in [-0.1, -0.05) is 6.92 Å². The summed E-state index contributed by atoms with van der Waals surface area (Å²) in [6, 6.07) is 0. The first-order valence-electron chi connectivity index (χ1n) is 2.46. The van der Waals surface area contributed by atoms with Crippen LogP contribution >= 0.6 is 0 Å². The molecule has 0 aliphatic rings. The average molecular weight is 160 g/mol. The van der Waals surface area contributed by atoms with Crippen molar-refractivity contribution < 1.29 is 17.9 Å². The molecular weight excluding hydrogens is 148 g/mol. The van der Waals surface area contributed by atoms with E-state index in [0.29, 0.717) is 0 Å². The number of carbonyl (C=O) groups is 1.